The number of hydrogen-bond acceptors (Lipinski definition) is 7. The lowest BCUT2D eigenvalue weighted by atomic mass is 10.1. The summed E-state index contributed by atoms with van der Waals surface area (Å²) in [5.41, 5.74) is 0.252. The van der Waals surface area contributed by atoms with Crippen molar-refractivity contribution >= 4 is 23.4 Å². The largest absolute Gasteiger partial charge is 0.489 e. The number of nitrogens with zero attached hydrogens (tertiary/aromatic N) is 4. The molecule has 1 aromatic heterocycles. The van der Waals surface area contributed by atoms with Crippen LogP contribution in [0.25, 0.3) is 0 Å². The fourth-order valence-electron chi connectivity index (χ4n) is 3.09. The van der Waals surface area contributed by atoms with Crippen molar-refractivity contribution in [1.82, 2.24) is 14.9 Å². The Morgan fingerprint density at radius 3 is 2.61 bits per heavy atom. The number of morpholine rings is 1. The lowest BCUT2D eigenvalue weighted by Gasteiger charge is -2.28. The van der Waals surface area contributed by atoms with Gasteiger partial charge in [0.2, 0.25) is 5.95 Å². The number of aromatic nitrogens is 2. The molecule has 1 aromatic carbocycles. The summed E-state index contributed by atoms with van der Waals surface area (Å²) in [7, 11) is 1.42. The Morgan fingerprint density at radius 1 is 1.29 bits per heavy atom. The lowest BCUT2D eigenvalue weighted by molar-refractivity contribution is 0.0302. The fourth-order valence-corrected chi connectivity index (χ4v) is 3.09. The number of nitrogens with one attached hydrogen (secondary N) is 1. The zero-order chi connectivity index (χ0) is 22.5. The van der Waals surface area contributed by atoms with E-state index in [1.807, 2.05) is 0 Å². The first-order valence-corrected chi connectivity index (χ1v) is 9.77. The van der Waals surface area contributed by atoms with Crippen molar-refractivity contribution < 1.29 is 27.4 Å². The Balaban J connectivity index is 2.03. The van der Waals surface area contributed by atoms with Crippen LogP contribution in [0.3, 0.4) is 0 Å². The average molecular weight is 439 g/mol. The molecule has 168 valence electrons. The first-order valence-electron chi connectivity index (χ1n) is 9.77. The summed E-state index contributed by atoms with van der Waals surface area (Å²) in [6.07, 6.45) is 0.456. The molecule has 0 aliphatic carbocycles. The minimum atomic E-state index is -3.05. The number of halogens is 3. The van der Waals surface area contributed by atoms with Gasteiger partial charge < -0.3 is 19.7 Å². The first-order chi connectivity index (χ1) is 14.8. The molecule has 1 aliphatic rings. The van der Waals surface area contributed by atoms with Crippen LogP contribution in [0, 0.1) is 5.82 Å². The lowest BCUT2D eigenvalue weighted by Crippen LogP contribution is -2.40. The number of hydrogen-bond donors (Lipinski definition) is 1. The number of carbonyl (C=O) groups excluding carboxylic acids is 1. The number of amides is 1. The highest BCUT2D eigenvalue weighted by Gasteiger charge is 2.28. The molecule has 1 N–H and O–H groups in total. The number of carbonyl (C=O) groups is 1. The Hall–Kier alpha value is -3.08. The minimum Gasteiger partial charge on any atom is -0.489 e. The molecule has 2 heterocycles. The molecule has 0 unspecified atom stereocenters. The summed E-state index contributed by atoms with van der Waals surface area (Å²) < 4.78 is 52.9. The predicted octanol–water partition coefficient (Wildman–Crippen LogP) is 3.28. The normalized spacial score (nSPS) is 14.1. The van der Waals surface area contributed by atoms with E-state index in [2.05, 4.69) is 15.3 Å². The van der Waals surface area contributed by atoms with Crippen molar-refractivity contribution in [2.24, 2.45) is 0 Å². The van der Waals surface area contributed by atoms with E-state index < -0.39 is 18.3 Å². The van der Waals surface area contributed by atoms with Crippen LogP contribution in [-0.2, 0) is 4.74 Å². The smallest absolute Gasteiger partial charge is 0.321 e. The average Bonchev–Trinajstić information content (AvgIpc) is 2.75. The molecule has 31 heavy (non-hydrogen) atoms. The van der Waals surface area contributed by atoms with E-state index >= 15 is 0 Å². The van der Waals surface area contributed by atoms with Crippen molar-refractivity contribution in [1.29, 1.82) is 0 Å². The fraction of sp³-hybridized carbons (Fsp3) is 0.450. The van der Waals surface area contributed by atoms with Gasteiger partial charge in [0.1, 0.15) is 5.75 Å². The molecule has 2 aromatic rings. The molecule has 8 nitrogen and oxygen atoms in total. The van der Waals surface area contributed by atoms with Crippen molar-refractivity contribution in [2.45, 2.75) is 26.5 Å². The molecule has 0 saturated carbocycles. The maximum Gasteiger partial charge on any atom is 0.321 e. The molecule has 0 bridgehead atoms. The summed E-state index contributed by atoms with van der Waals surface area (Å²) in [4.78, 5) is 22.5. The summed E-state index contributed by atoms with van der Waals surface area (Å²) in [5, 5.41) is 2.50. The summed E-state index contributed by atoms with van der Waals surface area (Å²) in [5.74, 6) is -1.59. The minimum absolute atomic E-state index is 0.0455. The van der Waals surface area contributed by atoms with Crippen LogP contribution in [0.2, 0.25) is 0 Å². The van der Waals surface area contributed by atoms with Gasteiger partial charge in [0.25, 0.3) is 5.91 Å². The van der Waals surface area contributed by atoms with Gasteiger partial charge in [-0.3, -0.25) is 4.79 Å². The van der Waals surface area contributed by atoms with Gasteiger partial charge in [0.15, 0.2) is 11.6 Å². The molecule has 1 aliphatic heterocycles. The highest BCUT2D eigenvalue weighted by Crippen LogP contribution is 2.37. The highest BCUT2D eigenvalue weighted by atomic mass is 19.3. The first kappa shape index (κ1) is 22.6. The third-order valence-electron chi connectivity index (χ3n) is 4.51. The van der Waals surface area contributed by atoms with E-state index in [1.165, 1.54) is 25.2 Å². The molecule has 0 spiro atoms. The molecular weight excluding hydrogens is 415 g/mol. The number of alkyl halides is 2. The Morgan fingerprint density at radius 2 is 2.00 bits per heavy atom. The summed E-state index contributed by atoms with van der Waals surface area (Å²) in [6.45, 7) is 2.19. The zero-order valence-electron chi connectivity index (χ0n) is 17.4. The van der Waals surface area contributed by atoms with Crippen LogP contribution in [-0.4, -0.2) is 66.8 Å². The van der Waals surface area contributed by atoms with Gasteiger partial charge in [0.05, 0.1) is 31.2 Å². The number of anilines is 3. The van der Waals surface area contributed by atoms with Gasteiger partial charge in [0, 0.05) is 25.7 Å². The van der Waals surface area contributed by atoms with Gasteiger partial charge in [-0.15, -0.1) is 0 Å². The Bertz CT molecular complexity index is 923. The van der Waals surface area contributed by atoms with E-state index in [0.717, 1.165) is 6.20 Å². The van der Waals surface area contributed by atoms with E-state index in [4.69, 9.17) is 9.47 Å². The second-order valence-corrected chi connectivity index (χ2v) is 7.02. The van der Waals surface area contributed by atoms with Crippen LogP contribution in [0.5, 0.6) is 5.75 Å². The van der Waals surface area contributed by atoms with Crippen LogP contribution >= 0.6 is 0 Å². The molecule has 0 atom stereocenters. The standard InChI is InChI=1S/C20H24F3N5O3/c1-12(2)31-16-10-13(18(29)27-6-8-30-9-7-27)4-5-15(16)28(19(22)23)20-25-11-14(21)17(24-3)26-20/h4-5,10-12,19H,6-9H2,1-3H3,(H,24,25,26). The topological polar surface area (TPSA) is 79.8 Å². The quantitative estimate of drug-likeness (QED) is 0.664. The number of rotatable bonds is 7. The van der Waals surface area contributed by atoms with Gasteiger partial charge in [-0.1, -0.05) is 0 Å². The van der Waals surface area contributed by atoms with Crippen molar-refractivity contribution in [3.05, 3.63) is 35.8 Å². The molecule has 11 heteroatoms. The Labute approximate surface area is 178 Å². The molecule has 1 saturated heterocycles. The number of benzene rings is 1. The predicted molar refractivity (Wildman–Crippen MR) is 109 cm³/mol. The maximum atomic E-state index is 14.1. The molecule has 1 amide bonds. The van der Waals surface area contributed by atoms with E-state index in [9.17, 15) is 18.0 Å². The molecule has 3 rings (SSSR count). The monoisotopic (exact) mass is 439 g/mol. The van der Waals surface area contributed by atoms with E-state index in [1.54, 1.807) is 18.7 Å². The van der Waals surface area contributed by atoms with Crippen LogP contribution < -0.4 is 15.0 Å². The van der Waals surface area contributed by atoms with E-state index in [0.29, 0.717) is 36.8 Å². The summed E-state index contributed by atoms with van der Waals surface area (Å²) >= 11 is 0. The van der Waals surface area contributed by atoms with Crippen LogP contribution in [0.15, 0.2) is 24.4 Å². The molecular formula is C20H24F3N5O3. The van der Waals surface area contributed by atoms with Gasteiger partial charge in [-0.05, 0) is 32.0 Å². The van der Waals surface area contributed by atoms with Crippen LogP contribution in [0.1, 0.15) is 24.2 Å². The SMILES string of the molecule is CNc1nc(N(c2ccc(C(=O)N3CCOCC3)cc2OC(C)C)C(F)F)ncc1F. The third kappa shape index (κ3) is 5.16. The third-order valence-corrected chi connectivity index (χ3v) is 4.51. The van der Waals surface area contributed by atoms with Crippen molar-refractivity contribution in [3.63, 3.8) is 0 Å². The van der Waals surface area contributed by atoms with Gasteiger partial charge in [-0.2, -0.15) is 13.8 Å². The zero-order valence-corrected chi connectivity index (χ0v) is 17.4. The van der Waals surface area contributed by atoms with Gasteiger partial charge in [-0.25, -0.2) is 14.3 Å². The summed E-state index contributed by atoms with van der Waals surface area (Å²) in [6, 6.07) is 4.21. The maximum absolute atomic E-state index is 14.1. The number of ether oxygens (including phenoxy) is 2. The second-order valence-electron chi connectivity index (χ2n) is 7.02. The van der Waals surface area contributed by atoms with Crippen LogP contribution in [0.4, 0.5) is 30.6 Å². The molecule has 1 fully saturated rings. The molecule has 0 radical (unpaired) electrons. The van der Waals surface area contributed by atoms with Gasteiger partial charge >= 0.3 is 6.55 Å². The van der Waals surface area contributed by atoms with Crippen molar-refractivity contribution in [2.75, 3.05) is 43.6 Å². The van der Waals surface area contributed by atoms with E-state index in [-0.39, 0.29) is 29.3 Å². The highest BCUT2D eigenvalue weighted by molar-refractivity contribution is 5.95. The second kappa shape index (κ2) is 9.82. The Kier molecular flexibility index (Phi) is 7.16. The van der Waals surface area contributed by atoms with Crippen molar-refractivity contribution in [3.8, 4) is 5.75 Å².